The van der Waals surface area contributed by atoms with Crippen LogP contribution in [-0.2, 0) is 14.4 Å². The first kappa shape index (κ1) is 15.7. The number of carbonyl (C=O) groups is 4. The lowest BCUT2D eigenvalue weighted by Crippen LogP contribution is -2.38. The summed E-state index contributed by atoms with van der Waals surface area (Å²) in [6, 6.07) is 6.50. The Bertz CT molecular complexity index is 654. The first-order valence-electron chi connectivity index (χ1n) is 6.85. The molecular weight excluding hydrogens is 286 g/mol. The van der Waals surface area contributed by atoms with Gasteiger partial charge in [0.2, 0.25) is 5.91 Å². The van der Waals surface area contributed by atoms with E-state index < -0.39 is 30.3 Å². The van der Waals surface area contributed by atoms with Crippen LogP contribution < -0.4 is 5.32 Å². The van der Waals surface area contributed by atoms with Crippen LogP contribution in [-0.4, -0.2) is 47.1 Å². The van der Waals surface area contributed by atoms with E-state index >= 15 is 0 Å². The van der Waals surface area contributed by atoms with Crippen LogP contribution in [0.2, 0.25) is 0 Å². The minimum absolute atomic E-state index is 0.208. The largest absolute Gasteiger partial charge is 0.334 e. The number of imide groups is 2. The molecular formula is C15H17N3O4. The number of hydrogen-bond donors (Lipinski definition) is 1. The molecule has 22 heavy (non-hydrogen) atoms. The Morgan fingerprint density at radius 2 is 1.77 bits per heavy atom. The average molecular weight is 303 g/mol. The molecule has 7 heteroatoms. The van der Waals surface area contributed by atoms with Crippen molar-refractivity contribution in [1.29, 1.82) is 0 Å². The summed E-state index contributed by atoms with van der Waals surface area (Å²) >= 11 is 0. The lowest BCUT2D eigenvalue weighted by Gasteiger charge is -2.16. The van der Waals surface area contributed by atoms with Gasteiger partial charge in [-0.25, -0.2) is 9.69 Å². The maximum Gasteiger partial charge on any atom is 0.334 e. The molecule has 0 radical (unpaired) electrons. The Kier molecular flexibility index (Phi) is 4.25. The van der Waals surface area contributed by atoms with Gasteiger partial charge in [-0.15, -0.1) is 0 Å². The van der Waals surface area contributed by atoms with Gasteiger partial charge in [-0.3, -0.25) is 19.3 Å². The predicted molar refractivity (Wildman–Crippen MR) is 79.0 cm³/mol. The number of rotatable bonds is 4. The molecule has 1 aromatic rings. The maximum absolute atomic E-state index is 12.1. The van der Waals surface area contributed by atoms with Crippen molar-refractivity contribution in [3.63, 3.8) is 0 Å². The molecule has 1 saturated heterocycles. The van der Waals surface area contributed by atoms with Crippen molar-refractivity contribution in [1.82, 2.24) is 9.80 Å². The normalized spacial score (nSPS) is 15.0. The van der Waals surface area contributed by atoms with Gasteiger partial charge in [-0.2, -0.15) is 0 Å². The summed E-state index contributed by atoms with van der Waals surface area (Å²) < 4.78 is 0. The van der Waals surface area contributed by atoms with Crippen LogP contribution in [0, 0.1) is 0 Å². The number of para-hydroxylation sites is 1. The second-order valence-corrected chi connectivity index (χ2v) is 5.33. The van der Waals surface area contributed by atoms with Crippen LogP contribution in [0.5, 0.6) is 0 Å². The predicted octanol–water partition coefficient (Wildman–Crippen LogP) is 1.17. The maximum atomic E-state index is 12.1. The molecule has 1 heterocycles. The second-order valence-electron chi connectivity index (χ2n) is 5.33. The van der Waals surface area contributed by atoms with E-state index in [-0.39, 0.29) is 5.92 Å². The third-order valence-electron chi connectivity index (χ3n) is 3.41. The standard InChI is InChI=1S/C15H17N3O4/c1-9(2)10-6-4-5-7-11(10)16-12(19)8-18-14(21)13(20)17(3)15(18)22/h4-7,9H,8H2,1-3H3,(H,16,19). The third kappa shape index (κ3) is 2.83. The Labute approximate surface area is 127 Å². The smallest absolute Gasteiger partial charge is 0.324 e. The quantitative estimate of drug-likeness (QED) is 0.668. The van der Waals surface area contributed by atoms with E-state index in [1.807, 2.05) is 26.0 Å². The number of benzene rings is 1. The SMILES string of the molecule is CC(C)c1ccccc1NC(=O)CN1C(=O)C(=O)N(C)C1=O. The van der Waals surface area contributed by atoms with E-state index in [2.05, 4.69) is 5.32 Å². The molecule has 1 N–H and O–H groups in total. The van der Waals surface area contributed by atoms with Gasteiger partial charge in [-0.1, -0.05) is 32.0 Å². The summed E-state index contributed by atoms with van der Waals surface area (Å²) in [7, 11) is 1.20. The number of amides is 5. The van der Waals surface area contributed by atoms with E-state index in [1.165, 1.54) is 7.05 Å². The van der Waals surface area contributed by atoms with Crippen LogP contribution in [0.15, 0.2) is 24.3 Å². The number of nitrogens with one attached hydrogen (secondary N) is 1. The number of nitrogens with zero attached hydrogens (tertiary/aromatic N) is 2. The van der Waals surface area contributed by atoms with Gasteiger partial charge >= 0.3 is 17.8 Å². The van der Waals surface area contributed by atoms with Crippen molar-refractivity contribution in [2.24, 2.45) is 0 Å². The minimum Gasteiger partial charge on any atom is -0.324 e. The number of carbonyl (C=O) groups excluding carboxylic acids is 4. The number of urea groups is 1. The van der Waals surface area contributed by atoms with Gasteiger partial charge in [0.25, 0.3) is 0 Å². The van der Waals surface area contributed by atoms with Crippen molar-refractivity contribution in [2.45, 2.75) is 19.8 Å². The molecule has 0 spiro atoms. The summed E-state index contributed by atoms with van der Waals surface area (Å²) in [5.74, 6) is -2.24. The molecule has 0 atom stereocenters. The molecule has 1 aromatic carbocycles. The van der Waals surface area contributed by atoms with Gasteiger partial charge in [0.05, 0.1) is 0 Å². The highest BCUT2D eigenvalue weighted by molar-refractivity contribution is 6.44. The van der Waals surface area contributed by atoms with Crippen molar-refractivity contribution in [3.8, 4) is 0 Å². The molecule has 1 fully saturated rings. The Hall–Kier alpha value is -2.70. The van der Waals surface area contributed by atoms with E-state index in [4.69, 9.17) is 0 Å². The van der Waals surface area contributed by atoms with E-state index in [1.54, 1.807) is 12.1 Å². The highest BCUT2D eigenvalue weighted by atomic mass is 16.2. The highest BCUT2D eigenvalue weighted by Crippen LogP contribution is 2.23. The van der Waals surface area contributed by atoms with Gasteiger partial charge in [-0.05, 0) is 17.5 Å². The van der Waals surface area contributed by atoms with Crippen LogP contribution in [0.1, 0.15) is 25.3 Å². The van der Waals surface area contributed by atoms with E-state index in [0.29, 0.717) is 15.5 Å². The fourth-order valence-corrected chi connectivity index (χ4v) is 2.20. The topological polar surface area (TPSA) is 86.8 Å². The minimum atomic E-state index is -0.986. The molecule has 0 saturated carbocycles. The molecule has 0 unspecified atom stereocenters. The van der Waals surface area contributed by atoms with Gasteiger partial charge in [0, 0.05) is 12.7 Å². The summed E-state index contributed by atoms with van der Waals surface area (Å²) in [4.78, 5) is 48.1. The third-order valence-corrected chi connectivity index (χ3v) is 3.41. The van der Waals surface area contributed by atoms with Crippen LogP contribution in [0.4, 0.5) is 10.5 Å². The van der Waals surface area contributed by atoms with Crippen molar-refractivity contribution >= 4 is 29.4 Å². The molecule has 1 aliphatic rings. The molecule has 7 nitrogen and oxygen atoms in total. The lowest BCUT2D eigenvalue weighted by molar-refractivity contribution is -0.143. The highest BCUT2D eigenvalue weighted by Gasteiger charge is 2.42. The van der Waals surface area contributed by atoms with E-state index in [9.17, 15) is 19.2 Å². The molecule has 0 aliphatic carbocycles. The first-order valence-corrected chi connectivity index (χ1v) is 6.85. The van der Waals surface area contributed by atoms with Gasteiger partial charge < -0.3 is 5.32 Å². The molecule has 0 bridgehead atoms. The fraction of sp³-hybridized carbons (Fsp3) is 0.333. The Morgan fingerprint density at radius 3 is 2.32 bits per heavy atom. The summed E-state index contributed by atoms with van der Waals surface area (Å²) in [5.41, 5.74) is 1.57. The van der Waals surface area contributed by atoms with Gasteiger partial charge in [0.1, 0.15) is 6.54 Å². The lowest BCUT2D eigenvalue weighted by atomic mass is 10.0. The number of likely N-dealkylation sites (N-methyl/N-ethyl adjacent to an activating group) is 1. The first-order chi connectivity index (χ1) is 10.3. The molecule has 5 amide bonds. The van der Waals surface area contributed by atoms with Crippen LogP contribution >= 0.6 is 0 Å². The zero-order chi connectivity index (χ0) is 16.4. The average Bonchev–Trinajstić information content (AvgIpc) is 2.65. The van der Waals surface area contributed by atoms with Crippen molar-refractivity contribution < 1.29 is 19.2 Å². The summed E-state index contributed by atoms with van der Waals surface area (Å²) in [5, 5.41) is 2.67. The molecule has 2 rings (SSSR count). The summed E-state index contributed by atoms with van der Waals surface area (Å²) in [6.07, 6.45) is 0. The zero-order valence-electron chi connectivity index (χ0n) is 12.6. The summed E-state index contributed by atoms with van der Waals surface area (Å²) in [6.45, 7) is 3.50. The molecule has 116 valence electrons. The fourth-order valence-electron chi connectivity index (χ4n) is 2.20. The van der Waals surface area contributed by atoms with Gasteiger partial charge in [0.15, 0.2) is 0 Å². The van der Waals surface area contributed by atoms with Crippen molar-refractivity contribution in [3.05, 3.63) is 29.8 Å². The zero-order valence-corrected chi connectivity index (χ0v) is 12.6. The molecule has 1 aliphatic heterocycles. The number of anilines is 1. The number of hydrogen-bond acceptors (Lipinski definition) is 4. The monoisotopic (exact) mass is 303 g/mol. The van der Waals surface area contributed by atoms with E-state index in [0.717, 1.165) is 5.56 Å². The second kappa shape index (κ2) is 5.97. The van der Waals surface area contributed by atoms with Crippen LogP contribution in [0.3, 0.4) is 0 Å². The van der Waals surface area contributed by atoms with Crippen LogP contribution in [0.25, 0.3) is 0 Å². The van der Waals surface area contributed by atoms with Crippen molar-refractivity contribution in [2.75, 3.05) is 18.9 Å². The molecule has 0 aromatic heterocycles. The Morgan fingerprint density at radius 1 is 1.14 bits per heavy atom. The Balaban J connectivity index is 2.10.